The zero-order chi connectivity index (χ0) is 18.3. The Kier molecular flexibility index (Phi) is 3.47. The maximum Gasteiger partial charge on any atom is 0.341 e. The summed E-state index contributed by atoms with van der Waals surface area (Å²) in [5.74, 6) is -0.317. The van der Waals surface area contributed by atoms with E-state index in [0.717, 1.165) is 27.6 Å². The normalized spacial score (nSPS) is 18.1. The van der Waals surface area contributed by atoms with Gasteiger partial charge in [0, 0.05) is 22.2 Å². The number of anilines is 1. The van der Waals surface area contributed by atoms with E-state index in [1.54, 1.807) is 0 Å². The monoisotopic (exact) mass is 351 g/mol. The standard InChI is InChI=1S/C24H17NO2/c26-23-20-14-6-7-15-21(20)24(27-23,18-11-2-1-3-12-18)25-22-16-8-10-17-9-4-5-13-19(17)22/h1-16,25H/t24-/m1/s1. The largest absolute Gasteiger partial charge is 0.427 e. The van der Waals surface area contributed by atoms with Crippen molar-refractivity contribution in [1.82, 2.24) is 0 Å². The zero-order valence-corrected chi connectivity index (χ0v) is 14.6. The molecule has 3 nitrogen and oxygen atoms in total. The first-order valence-corrected chi connectivity index (χ1v) is 8.92. The first-order valence-electron chi connectivity index (χ1n) is 8.92. The van der Waals surface area contributed by atoms with Crippen molar-refractivity contribution >= 4 is 22.4 Å². The van der Waals surface area contributed by atoms with Crippen LogP contribution in [0.1, 0.15) is 21.5 Å². The maximum atomic E-state index is 12.6. The molecule has 0 spiro atoms. The van der Waals surface area contributed by atoms with Crippen LogP contribution in [-0.2, 0) is 10.5 Å². The molecular weight excluding hydrogens is 334 g/mol. The summed E-state index contributed by atoms with van der Waals surface area (Å²) in [4.78, 5) is 12.6. The second kappa shape index (κ2) is 5.99. The minimum absolute atomic E-state index is 0.317. The highest BCUT2D eigenvalue weighted by molar-refractivity contribution is 5.98. The fourth-order valence-electron chi connectivity index (χ4n) is 3.79. The molecule has 3 heteroatoms. The molecule has 0 saturated carbocycles. The van der Waals surface area contributed by atoms with Crippen molar-refractivity contribution < 1.29 is 9.53 Å². The molecule has 0 fully saturated rings. The van der Waals surface area contributed by atoms with Gasteiger partial charge in [0.2, 0.25) is 5.72 Å². The number of rotatable bonds is 3. The van der Waals surface area contributed by atoms with E-state index in [9.17, 15) is 4.79 Å². The van der Waals surface area contributed by atoms with Crippen LogP contribution in [0.5, 0.6) is 0 Å². The molecule has 27 heavy (non-hydrogen) atoms. The number of hydrogen-bond acceptors (Lipinski definition) is 3. The van der Waals surface area contributed by atoms with Crippen molar-refractivity contribution in [2.75, 3.05) is 5.32 Å². The molecule has 130 valence electrons. The fourth-order valence-corrected chi connectivity index (χ4v) is 3.79. The number of benzene rings is 4. The number of ether oxygens (including phenoxy) is 1. The van der Waals surface area contributed by atoms with E-state index in [4.69, 9.17) is 4.74 Å². The third kappa shape index (κ3) is 2.40. The van der Waals surface area contributed by atoms with E-state index in [0.29, 0.717) is 5.56 Å². The van der Waals surface area contributed by atoms with Gasteiger partial charge in [0.15, 0.2) is 0 Å². The minimum atomic E-state index is -1.06. The molecule has 5 rings (SSSR count). The van der Waals surface area contributed by atoms with Crippen LogP contribution >= 0.6 is 0 Å². The number of hydrogen-bond donors (Lipinski definition) is 1. The molecule has 4 aromatic rings. The summed E-state index contributed by atoms with van der Waals surface area (Å²) in [5, 5.41) is 5.76. The molecule has 0 aromatic heterocycles. The molecule has 0 unspecified atom stereocenters. The van der Waals surface area contributed by atoms with Gasteiger partial charge in [-0.05, 0) is 17.5 Å². The topological polar surface area (TPSA) is 38.3 Å². The Morgan fingerprint density at radius 1 is 0.704 bits per heavy atom. The average Bonchev–Trinajstić information content (AvgIpc) is 3.02. The second-order valence-corrected chi connectivity index (χ2v) is 6.63. The highest BCUT2D eigenvalue weighted by Crippen LogP contribution is 2.43. The molecule has 0 radical (unpaired) electrons. The first-order chi connectivity index (χ1) is 13.3. The third-order valence-electron chi connectivity index (χ3n) is 5.05. The molecular formula is C24H17NO2. The van der Waals surface area contributed by atoms with E-state index >= 15 is 0 Å². The van der Waals surface area contributed by atoms with Gasteiger partial charge in [-0.25, -0.2) is 4.79 Å². The molecule has 1 aliphatic rings. The molecule has 1 aliphatic heterocycles. The molecule has 0 amide bonds. The van der Waals surface area contributed by atoms with Gasteiger partial charge in [-0.2, -0.15) is 0 Å². The lowest BCUT2D eigenvalue weighted by Gasteiger charge is -2.32. The minimum Gasteiger partial charge on any atom is -0.427 e. The van der Waals surface area contributed by atoms with Crippen LogP contribution in [0.3, 0.4) is 0 Å². The quantitative estimate of drug-likeness (QED) is 0.508. The molecule has 0 saturated heterocycles. The van der Waals surface area contributed by atoms with Gasteiger partial charge in [0.05, 0.1) is 5.56 Å². The Bertz CT molecular complexity index is 1150. The van der Waals surface area contributed by atoms with Crippen LogP contribution < -0.4 is 5.32 Å². The van der Waals surface area contributed by atoms with E-state index in [-0.39, 0.29) is 5.97 Å². The van der Waals surface area contributed by atoms with Gasteiger partial charge >= 0.3 is 5.97 Å². The first kappa shape index (κ1) is 15.6. The van der Waals surface area contributed by atoms with E-state index in [1.807, 2.05) is 78.9 Å². The third-order valence-corrected chi connectivity index (χ3v) is 5.05. The van der Waals surface area contributed by atoms with Crippen molar-refractivity contribution in [3.8, 4) is 0 Å². The zero-order valence-electron chi connectivity index (χ0n) is 14.6. The summed E-state index contributed by atoms with van der Waals surface area (Å²) in [5.41, 5.74) is 2.17. The summed E-state index contributed by atoms with van der Waals surface area (Å²) < 4.78 is 6.01. The van der Waals surface area contributed by atoms with Gasteiger partial charge in [-0.3, -0.25) is 0 Å². The van der Waals surface area contributed by atoms with E-state index in [2.05, 4.69) is 23.5 Å². The average molecular weight is 351 g/mol. The summed E-state index contributed by atoms with van der Waals surface area (Å²) in [6.07, 6.45) is 0. The van der Waals surface area contributed by atoms with Crippen molar-refractivity contribution in [1.29, 1.82) is 0 Å². The lowest BCUT2D eigenvalue weighted by Crippen LogP contribution is -2.37. The second-order valence-electron chi connectivity index (χ2n) is 6.63. The highest BCUT2D eigenvalue weighted by atomic mass is 16.6. The fraction of sp³-hybridized carbons (Fsp3) is 0.0417. The lowest BCUT2D eigenvalue weighted by atomic mass is 9.92. The van der Waals surface area contributed by atoms with Crippen molar-refractivity contribution in [2.24, 2.45) is 0 Å². The van der Waals surface area contributed by atoms with Gasteiger partial charge < -0.3 is 10.1 Å². The van der Waals surface area contributed by atoms with Crippen LogP contribution in [0.15, 0.2) is 97.1 Å². The Morgan fingerprint density at radius 3 is 2.30 bits per heavy atom. The Balaban J connectivity index is 1.75. The van der Waals surface area contributed by atoms with Crippen LogP contribution in [0.2, 0.25) is 0 Å². The molecule has 1 N–H and O–H groups in total. The number of nitrogens with one attached hydrogen (secondary N) is 1. The summed E-state index contributed by atoms with van der Waals surface area (Å²) in [6, 6.07) is 31.6. The van der Waals surface area contributed by atoms with Crippen LogP contribution in [-0.4, -0.2) is 5.97 Å². The van der Waals surface area contributed by atoms with Crippen molar-refractivity contribution in [3.05, 3.63) is 114 Å². The van der Waals surface area contributed by atoms with Crippen molar-refractivity contribution in [3.63, 3.8) is 0 Å². The smallest absolute Gasteiger partial charge is 0.341 e. The predicted octanol–water partition coefficient (Wildman–Crippen LogP) is 5.32. The van der Waals surface area contributed by atoms with Crippen LogP contribution in [0.25, 0.3) is 10.8 Å². The van der Waals surface area contributed by atoms with Gasteiger partial charge in [-0.1, -0.05) is 84.9 Å². The number of fused-ring (bicyclic) bond motifs is 2. The molecule has 0 aliphatic carbocycles. The Morgan fingerprint density at radius 2 is 1.41 bits per heavy atom. The molecule has 4 aromatic carbocycles. The predicted molar refractivity (Wildman–Crippen MR) is 107 cm³/mol. The van der Waals surface area contributed by atoms with Crippen LogP contribution in [0.4, 0.5) is 5.69 Å². The SMILES string of the molecule is O=C1O[C@](Nc2cccc3ccccc23)(c2ccccc2)c2ccccc21. The Labute approximate surface area is 157 Å². The molecule has 1 atom stereocenters. The van der Waals surface area contributed by atoms with Crippen LogP contribution in [0, 0.1) is 0 Å². The molecule has 1 heterocycles. The van der Waals surface area contributed by atoms with Crippen molar-refractivity contribution in [2.45, 2.75) is 5.72 Å². The summed E-state index contributed by atoms with van der Waals surface area (Å²) >= 11 is 0. The summed E-state index contributed by atoms with van der Waals surface area (Å²) in [7, 11) is 0. The lowest BCUT2D eigenvalue weighted by molar-refractivity contribution is 0.0213. The Hall–Kier alpha value is -3.59. The number of carbonyl (C=O) groups excluding carboxylic acids is 1. The number of cyclic esters (lactones) is 1. The van der Waals surface area contributed by atoms with E-state index in [1.165, 1.54) is 0 Å². The van der Waals surface area contributed by atoms with E-state index < -0.39 is 5.72 Å². The maximum absolute atomic E-state index is 12.6. The number of esters is 1. The molecule has 0 bridgehead atoms. The van der Waals surface area contributed by atoms with Gasteiger partial charge in [0.1, 0.15) is 0 Å². The number of carbonyl (C=O) groups is 1. The van der Waals surface area contributed by atoms with Gasteiger partial charge in [-0.15, -0.1) is 0 Å². The summed E-state index contributed by atoms with van der Waals surface area (Å²) in [6.45, 7) is 0. The van der Waals surface area contributed by atoms with Gasteiger partial charge in [0.25, 0.3) is 0 Å². The highest BCUT2D eigenvalue weighted by Gasteiger charge is 2.47.